The molecule has 2 fully saturated rings. The number of hydrogen-bond donors (Lipinski definition) is 2. The molecule has 0 saturated heterocycles. The van der Waals surface area contributed by atoms with Crippen LogP contribution in [-0.2, 0) is 11.3 Å². The summed E-state index contributed by atoms with van der Waals surface area (Å²) >= 11 is 14.4. The van der Waals surface area contributed by atoms with Crippen molar-refractivity contribution in [1.82, 2.24) is 10.1 Å². The molecule has 0 spiro atoms. The monoisotopic (exact) mass is 567 g/mol. The third-order valence-corrected chi connectivity index (χ3v) is 8.62. The largest absolute Gasteiger partial charge is 0.478 e. The Bertz CT molecular complexity index is 1600. The number of anilines is 1. The topological polar surface area (TPSA) is 97.5 Å². The smallest absolute Gasteiger partial charge is 0.335 e. The van der Waals surface area contributed by atoms with Crippen LogP contribution in [-0.4, -0.2) is 27.3 Å². The van der Waals surface area contributed by atoms with E-state index in [2.05, 4.69) is 29.0 Å². The minimum atomic E-state index is -0.964. The number of nitrogens with zero attached hydrogens (tertiary/aromatic N) is 2. The molecular formula is C28H23Cl2N3O4S. The number of hydrogen-bond acceptors (Lipinski definition) is 7. The zero-order chi connectivity index (χ0) is 26.6. The summed E-state index contributed by atoms with van der Waals surface area (Å²) in [6.07, 6.45) is 3.79. The van der Waals surface area contributed by atoms with Gasteiger partial charge in [0.15, 0.2) is 5.13 Å². The molecule has 38 heavy (non-hydrogen) atoms. The first kappa shape index (κ1) is 25.1. The number of fused-ring (bicyclic) bond motifs is 1. The van der Waals surface area contributed by atoms with Crippen LogP contribution >= 0.6 is 34.5 Å². The molecule has 2 saturated carbocycles. The number of aromatic nitrogens is 2. The summed E-state index contributed by atoms with van der Waals surface area (Å²) in [6, 6.07) is 10.3. The van der Waals surface area contributed by atoms with Crippen molar-refractivity contribution >= 4 is 55.9 Å². The van der Waals surface area contributed by atoms with Crippen molar-refractivity contribution in [2.75, 3.05) is 5.32 Å². The zero-order valence-electron chi connectivity index (χ0n) is 20.3. The van der Waals surface area contributed by atoms with E-state index in [1.807, 2.05) is 6.20 Å². The van der Waals surface area contributed by atoms with Crippen molar-refractivity contribution in [2.45, 2.75) is 38.4 Å². The molecule has 10 heteroatoms. The molecule has 194 valence electrons. The van der Waals surface area contributed by atoms with E-state index in [1.165, 1.54) is 11.3 Å². The Morgan fingerprint density at radius 3 is 2.76 bits per heavy atom. The standard InChI is InChI=1S/C28H23Cl2N3O4S/c1-13-14(2)25(17(13)11-31-28-32-21-9-8-16(27(34)35)10-22(21)38-28)36-12-18-24(33-37-26(18)15-6-7-15)23-19(29)4-3-5-20(23)30/h3-5,8-11,14-15,25H,1,6-7,12H2,2H3,(H,31,32)(H,34,35)/b17-11+. The molecule has 2 N–H and O–H groups in total. The maximum atomic E-state index is 11.3. The van der Waals surface area contributed by atoms with Gasteiger partial charge in [0.05, 0.1) is 38.5 Å². The van der Waals surface area contributed by atoms with Gasteiger partial charge in [-0.3, -0.25) is 0 Å². The van der Waals surface area contributed by atoms with Gasteiger partial charge in [-0.2, -0.15) is 0 Å². The fourth-order valence-electron chi connectivity index (χ4n) is 4.69. The fraction of sp³-hybridized carbons (Fsp3) is 0.250. The lowest BCUT2D eigenvalue weighted by molar-refractivity contribution is 0.0189. The third kappa shape index (κ3) is 4.52. The quantitative estimate of drug-likeness (QED) is 0.223. The Morgan fingerprint density at radius 2 is 2.05 bits per heavy atom. The van der Waals surface area contributed by atoms with E-state index in [-0.39, 0.29) is 17.6 Å². The van der Waals surface area contributed by atoms with Crippen LogP contribution in [0.5, 0.6) is 0 Å². The number of aromatic carboxylic acids is 1. The summed E-state index contributed by atoms with van der Waals surface area (Å²) in [5, 5.41) is 18.5. The maximum Gasteiger partial charge on any atom is 0.335 e. The second kappa shape index (κ2) is 9.85. The molecule has 2 aliphatic carbocycles. The predicted octanol–water partition coefficient (Wildman–Crippen LogP) is 7.92. The van der Waals surface area contributed by atoms with Crippen molar-refractivity contribution in [3.05, 3.63) is 87.3 Å². The highest BCUT2D eigenvalue weighted by atomic mass is 35.5. The van der Waals surface area contributed by atoms with Gasteiger partial charge in [-0.15, -0.1) is 0 Å². The lowest BCUT2D eigenvalue weighted by Gasteiger charge is -2.39. The van der Waals surface area contributed by atoms with Crippen molar-refractivity contribution < 1.29 is 19.2 Å². The molecule has 7 nitrogen and oxygen atoms in total. The Morgan fingerprint density at radius 1 is 1.29 bits per heavy atom. The zero-order valence-corrected chi connectivity index (χ0v) is 22.7. The summed E-state index contributed by atoms with van der Waals surface area (Å²) in [5.74, 6) is 0.338. The SMILES string of the molecule is C=C1/C(=C\Nc2nc3ccc(C(=O)O)cc3s2)C(OCc2c(-c3c(Cl)cccc3Cl)noc2C2CC2)C1C. The molecule has 4 aromatic rings. The number of carboxylic acid groups (broad SMARTS) is 1. The Hall–Kier alpha value is -3.17. The van der Waals surface area contributed by atoms with E-state index >= 15 is 0 Å². The Labute approximate surface area is 232 Å². The predicted molar refractivity (Wildman–Crippen MR) is 149 cm³/mol. The minimum Gasteiger partial charge on any atom is -0.478 e. The van der Waals surface area contributed by atoms with Gasteiger partial charge in [0.25, 0.3) is 0 Å². The summed E-state index contributed by atoms with van der Waals surface area (Å²) in [4.78, 5) is 15.8. The van der Waals surface area contributed by atoms with Crippen molar-refractivity contribution in [1.29, 1.82) is 0 Å². The molecule has 0 bridgehead atoms. The number of ether oxygens (including phenoxy) is 1. The van der Waals surface area contributed by atoms with Crippen LogP contribution < -0.4 is 5.32 Å². The molecule has 2 aliphatic rings. The van der Waals surface area contributed by atoms with Crippen molar-refractivity contribution in [2.24, 2.45) is 5.92 Å². The second-order valence-corrected chi connectivity index (χ2v) is 11.4. The minimum absolute atomic E-state index is 0.133. The number of benzene rings is 2. The molecule has 6 rings (SSSR count). The van der Waals surface area contributed by atoms with Gasteiger partial charge in [-0.1, -0.05) is 59.3 Å². The molecule has 0 radical (unpaired) electrons. The van der Waals surface area contributed by atoms with Crippen LogP contribution in [0, 0.1) is 5.92 Å². The highest BCUT2D eigenvalue weighted by Crippen LogP contribution is 2.47. The van der Waals surface area contributed by atoms with E-state index < -0.39 is 5.97 Å². The van der Waals surface area contributed by atoms with Crippen LogP contribution in [0.1, 0.15) is 47.4 Å². The van der Waals surface area contributed by atoms with Gasteiger partial charge in [-0.25, -0.2) is 9.78 Å². The van der Waals surface area contributed by atoms with Gasteiger partial charge in [0, 0.05) is 34.7 Å². The van der Waals surface area contributed by atoms with Gasteiger partial charge in [-0.05, 0) is 48.7 Å². The lowest BCUT2D eigenvalue weighted by atomic mass is 9.74. The van der Waals surface area contributed by atoms with Gasteiger partial charge >= 0.3 is 5.97 Å². The molecule has 0 aliphatic heterocycles. The van der Waals surface area contributed by atoms with Crippen LogP contribution in [0.4, 0.5) is 5.13 Å². The summed E-state index contributed by atoms with van der Waals surface area (Å²) in [5.41, 5.74) is 5.05. The van der Waals surface area contributed by atoms with Gasteiger partial charge < -0.3 is 19.7 Å². The number of thiazole rings is 1. The van der Waals surface area contributed by atoms with E-state index in [0.717, 1.165) is 45.5 Å². The van der Waals surface area contributed by atoms with E-state index in [4.69, 9.17) is 32.5 Å². The lowest BCUT2D eigenvalue weighted by Crippen LogP contribution is -2.37. The fourth-order valence-corrected chi connectivity index (χ4v) is 6.14. The van der Waals surface area contributed by atoms with Crippen LogP contribution in [0.25, 0.3) is 21.5 Å². The van der Waals surface area contributed by atoms with Crippen LogP contribution in [0.2, 0.25) is 10.0 Å². The molecule has 2 heterocycles. The van der Waals surface area contributed by atoms with Crippen molar-refractivity contribution in [3.63, 3.8) is 0 Å². The van der Waals surface area contributed by atoms with E-state index in [0.29, 0.717) is 39.0 Å². The maximum absolute atomic E-state index is 11.3. The average Bonchev–Trinajstić information content (AvgIpc) is 3.53. The first-order valence-electron chi connectivity index (χ1n) is 12.2. The number of halogens is 2. The Kier molecular flexibility index (Phi) is 6.52. The van der Waals surface area contributed by atoms with E-state index in [1.54, 1.807) is 36.4 Å². The molecule has 0 amide bonds. The summed E-state index contributed by atoms with van der Waals surface area (Å²) in [7, 11) is 0. The number of nitrogens with one attached hydrogen (secondary N) is 1. The number of carbonyl (C=O) groups is 1. The van der Waals surface area contributed by atoms with Crippen LogP contribution in [0.15, 0.2) is 64.8 Å². The van der Waals surface area contributed by atoms with Crippen molar-refractivity contribution in [3.8, 4) is 11.3 Å². The number of carboxylic acids is 1. The summed E-state index contributed by atoms with van der Waals surface area (Å²) in [6.45, 7) is 6.59. The van der Waals surface area contributed by atoms with E-state index in [9.17, 15) is 9.90 Å². The molecule has 2 atom stereocenters. The molecular weight excluding hydrogens is 545 g/mol. The second-order valence-electron chi connectivity index (χ2n) is 9.54. The van der Waals surface area contributed by atoms with Gasteiger partial charge in [0.1, 0.15) is 11.5 Å². The average molecular weight is 568 g/mol. The molecule has 2 aromatic carbocycles. The highest BCUT2D eigenvalue weighted by Gasteiger charge is 2.39. The molecule has 2 aromatic heterocycles. The summed E-state index contributed by atoms with van der Waals surface area (Å²) < 4.78 is 13.0. The number of rotatable bonds is 8. The van der Waals surface area contributed by atoms with Crippen LogP contribution in [0.3, 0.4) is 0 Å². The third-order valence-electron chi connectivity index (χ3n) is 7.04. The first-order chi connectivity index (χ1) is 18.3. The first-order valence-corrected chi connectivity index (χ1v) is 13.7. The highest BCUT2D eigenvalue weighted by molar-refractivity contribution is 7.22. The van der Waals surface area contributed by atoms with Gasteiger partial charge in [0.2, 0.25) is 0 Å². The Balaban J connectivity index is 1.23. The normalized spacial score (nSPS) is 20.2. The molecule has 2 unspecified atom stereocenters.